The first-order valence-corrected chi connectivity index (χ1v) is 11.3. The number of pyridine rings is 1. The molecule has 1 aliphatic rings. The van der Waals surface area contributed by atoms with Gasteiger partial charge >= 0.3 is 6.03 Å². The zero-order valence-corrected chi connectivity index (χ0v) is 18.0. The van der Waals surface area contributed by atoms with Gasteiger partial charge in [-0.3, -0.25) is 4.31 Å². The van der Waals surface area contributed by atoms with E-state index in [1.165, 1.54) is 20.0 Å². The van der Waals surface area contributed by atoms with Gasteiger partial charge in [-0.2, -0.15) is 0 Å². The molecule has 3 aromatic rings. The summed E-state index contributed by atoms with van der Waals surface area (Å²) in [7, 11) is 0. The summed E-state index contributed by atoms with van der Waals surface area (Å²) in [6.45, 7) is 1.69. The molecule has 0 bridgehead atoms. The van der Waals surface area contributed by atoms with Crippen LogP contribution in [0.2, 0.25) is 0 Å². The van der Waals surface area contributed by atoms with Crippen LogP contribution in [-0.2, 0) is 0 Å². The van der Waals surface area contributed by atoms with Crippen LogP contribution in [0.4, 0.5) is 16.3 Å². The van der Waals surface area contributed by atoms with Crippen molar-refractivity contribution < 1.29 is 4.79 Å². The maximum atomic E-state index is 12.6. The van der Waals surface area contributed by atoms with Crippen LogP contribution in [0.5, 0.6) is 0 Å². The number of nitrogens with zero attached hydrogens (tertiary/aromatic N) is 3. The molecule has 2 heterocycles. The average Bonchev–Trinajstić information content (AvgIpc) is 2.79. The zero-order valence-electron chi connectivity index (χ0n) is 16.3. The largest absolute Gasteiger partial charge is 0.356 e. The monoisotopic (exact) mass is 424 g/mol. The summed E-state index contributed by atoms with van der Waals surface area (Å²) in [5.41, 5.74) is 0.782. The molecular formula is C22H24N4OS2. The summed E-state index contributed by atoms with van der Waals surface area (Å²) in [6, 6.07) is 18.1. The van der Waals surface area contributed by atoms with Crippen LogP contribution >= 0.6 is 24.6 Å². The van der Waals surface area contributed by atoms with E-state index in [4.69, 9.17) is 0 Å². The Morgan fingerprint density at radius 2 is 1.86 bits per heavy atom. The molecule has 1 fully saturated rings. The Bertz CT molecular complexity index is 982. The molecule has 0 aliphatic carbocycles. The van der Waals surface area contributed by atoms with Crippen molar-refractivity contribution in [3.63, 3.8) is 0 Å². The molecular weight excluding hydrogens is 400 g/mol. The fourth-order valence-electron chi connectivity index (χ4n) is 3.70. The Balaban J connectivity index is 1.37. The molecule has 0 spiro atoms. The normalized spacial score (nSPS) is 14.8. The molecule has 0 unspecified atom stereocenters. The lowest BCUT2D eigenvalue weighted by molar-refractivity contribution is 0.223. The Labute approximate surface area is 181 Å². The van der Waals surface area contributed by atoms with Crippen LogP contribution in [0.15, 0.2) is 65.7 Å². The smallest absolute Gasteiger partial charge is 0.331 e. The number of anilines is 2. The lowest BCUT2D eigenvalue weighted by atomic mass is 10.0. The average molecular weight is 425 g/mol. The van der Waals surface area contributed by atoms with Crippen molar-refractivity contribution >= 4 is 52.9 Å². The van der Waals surface area contributed by atoms with Crippen LogP contribution in [0, 0.1) is 0 Å². The molecule has 5 nitrogen and oxygen atoms in total. The van der Waals surface area contributed by atoms with E-state index >= 15 is 0 Å². The van der Waals surface area contributed by atoms with Gasteiger partial charge in [0.1, 0.15) is 5.82 Å². The summed E-state index contributed by atoms with van der Waals surface area (Å²) < 4.78 is 1.54. The van der Waals surface area contributed by atoms with Crippen molar-refractivity contribution in [2.24, 2.45) is 0 Å². The van der Waals surface area contributed by atoms with Crippen molar-refractivity contribution in [1.82, 2.24) is 9.29 Å². The standard InChI is InChI=1S/C22H24N4OS2/c1-29-19-8-6-17(7-9-19)24-22(27)26(28)18-11-14-25(15-12-18)21-20-5-3-2-4-16(20)10-13-23-21/h2-10,13,18,28H,11-12,14-15H2,1H3,(H,24,27). The van der Waals surface area contributed by atoms with Crippen molar-refractivity contribution in [3.05, 3.63) is 60.8 Å². The van der Waals surface area contributed by atoms with Gasteiger partial charge in [-0.15, -0.1) is 11.8 Å². The number of carbonyl (C=O) groups is 1. The topological polar surface area (TPSA) is 48.5 Å². The van der Waals surface area contributed by atoms with Crippen molar-refractivity contribution in [1.29, 1.82) is 0 Å². The van der Waals surface area contributed by atoms with E-state index in [9.17, 15) is 4.79 Å². The molecule has 1 saturated heterocycles. The van der Waals surface area contributed by atoms with Gasteiger partial charge in [-0.1, -0.05) is 37.1 Å². The molecule has 0 saturated carbocycles. The SMILES string of the molecule is CSc1ccc(NC(=O)N(S)C2CCN(c3nccc4ccccc34)CC2)cc1. The quantitative estimate of drug-likeness (QED) is 0.440. The summed E-state index contributed by atoms with van der Waals surface area (Å²) in [4.78, 5) is 20.7. The van der Waals surface area contributed by atoms with E-state index in [2.05, 4.69) is 40.1 Å². The lowest BCUT2D eigenvalue weighted by Gasteiger charge is -2.36. The molecule has 2 aromatic carbocycles. The number of benzene rings is 2. The van der Waals surface area contributed by atoms with Gasteiger partial charge in [0, 0.05) is 41.3 Å². The number of fused-ring (bicyclic) bond motifs is 1. The Kier molecular flexibility index (Phi) is 6.16. The van der Waals surface area contributed by atoms with Gasteiger partial charge in [0.15, 0.2) is 0 Å². The van der Waals surface area contributed by atoms with Crippen LogP contribution in [-0.4, -0.2) is 40.7 Å². The zero-order chi connectivity index (χ0) is 20.2. The predicted molar refractivity (Wildman–Crippen MR) is 125 cm³/mol. The highest BCUT2D eigenvalue weighted by Gasteiger charge is 2.27. The molecule has 29 heavy (non-hydrogen) atoms. The first-order chi connectivity index (χ1) is 14.2. The van der Waals surface area contributed by atoms with E-state index < -0.39 is 0 Å². The molecule has 0 radical (unpaired) electrons. The third-order valence-corrected chi connectivity index (χ3v) is 6.56. The summed E-state index contributed by atoms with van der Waals surface area (Å²) in [6.07, 6.45) is 5.61. The van der Waals surface area contributed by atoms with Gasteiger partial charge in [0.05, 0.1) is 0 Å². The second-order valence-corrected chi connectivity index (χ2v) is 8.39. The highest BCUT2D eigenvalue weighted by Crippen LogP contribution is 2.28. The Morgan fingerprint density at radius 3 is 2.59 bits per heavy atom. The van der Waals surface area contributed by atoms with Crippen LogP contribution < -0.4 is 10.2 Å². The van der Waals surface area contributed by atoms with Crippen LogP contribution in [0.3, 0.4) is 0 Å². The molecule has 2 amide bonds. The predicted octanol–water partition coefficient (Wildman–Crippen LogP) is 5.30. The minimum absolute atomic E-state index is 0.0926. The number of thiol groups is 1. The molecule has 1 aliphatic heterocycles. The minimum atomic E-state index is -0.188. The minimum Gasteiger partial charge on any atom is -0.356 e. The van der Waals surface area contributed by atoms with E-state index in [-0.39, 0.29) is 12.1 Å². The number of nitrogens with one attached hydrogen (secondary N) is 1. The maximum Gasteiger partial charge on any atom is 0.331 e. The number of urea groups is 1. The fourth-order valence-corrected chi connectivity index (χ4v) is 4.39. The Hall–Kier alpha value is -2.38. The highest BCUT2D eigenvalue weighted by atomic mass is 32.2. The number of thioether (sulfide) groups is 1. The lowest BCUT2D eigenvalue weighted by Crippen LogP contribution is -2.45. The second-order valence-electron chi connectivity index (χ2n) is 7.08. The molecule has 1 N–H and O–H groups in total. The third-order valence-electron chi connectivity index (χ3n) is 5.31. The van der Waals surface area contributed by atoms with Gasteiger partial charge in [-0.05, 0) is 54.8 Å². The van der Waals surface area contributed by atoms with E-state index in [0.29, 0.717) is 0 Å². The number of rotatable bonds is 4. The van der Waals surface area contributed by atoms with Gasteiger partial charge < -0.3 is 10.2 Å². The van der Waals surface area contributed by atoms with Crippen molar-refractivity contribution in [2.75, 3.05) is 29.6 Å². The number of hydrogen-bond acceptors (Lipinski definition) is 5. The molecule has 0 atom stereocenters. The number of carbonyl (C=O) groups excluding carboxylic acids is 1. The van der Waals surface area contributed by atoms with E-state index in [0.717, 1.165) is 37.4 Å². The number of aromatic nitrogens is 1. The number of piperidine rings is 1. The summed E-state index contributed by atoms with van der Waals surface area (Å²) in [5, 5.41) is 5.30. The second kappa shape index (κ2) is 8.97. The first-order valence-electron chi connectivity index (χ1n) is 9.67. The highest BCUT2D eigenvalue weighted by molar-refractivity contribution is 7.98. The van der Waals surface area contributed by atoms with Gasteiger partial charge in [0.2, 0.25) is 0 Å². The fraction of sp³-hybridized carbons (Fsp3) is 0.273. The maximum absolute atomic E-state index is 12.6. The summed E-state index contributed by atoms with van der Waals surface area (Å²) >= 11 is 6.17. The van der Waals surface area contributed by atoms with Crippen molar-refractivity contribution in [3.8, 4) is 0 Å². The van der Waals surface area contributed by atoms with E-state index in [1.54, 1.807) is 11.8 Å². The van der Waals surface area contributed by atoms with Gasteiger partial charge in [-0.25, -0.2) is 9.78 Å². The number of amides is 2. The third kappa shape index (κ3) is 4.46. The molecule has 4 rings (SSSR count). The number of hydrogen-bond donors (Lipinski definition) is 2. The first kappa shape index (κ1) is 19.9. The van der Waals surface area contributed by atoms with Crippen molar-refractivity contribution in [2.45, 2.75) is 23.8 Å². The summed E-state index contributed by atoms with van der Waals surface area (Å²) in [5.74, 6) is 1.02. The molecule has 150 valence electrons. The Morgan fingerprint density at radius 1 is 1.14 bits per heavy atom. The van der Waals surface area contributed by atoms with Crippen LogP contribution in [0.25, 0.3) is 10.8 Å². The molecule has 7 heteroatoms. The van der Waals surface area contributed by atoms with E-state index in [1.807, 2.05) is 54.9 Å². The van der Waals surface area contributed by atoms with Gasteiger partial charge in [0.25, 0.3) is 0 Å². The molecule has 1 aromatic heterocycles. The van der Waals surface area contributed by atoms with Crippen LogP contribution in [0.1, 0.15) is 12.8 Å².